The van der Waals surface area contributed by atoms with Crippen molar-refractivity contribution in [2.75, 3.05) is 19.5 Å². The van der Waals surface area contributed by atoms with Gasteiger partial charge in [0.1, 0.15) is 10.8 Å². The van der Waals surface area contributed by atoms with Crippen molar-refractivity contribution < 1.29 is 23.9 Å². The molecule has 0 saturated carbocycles. The van der Waals surface area contributed by atoms with E-state index in [0.717, 1.165) is 47.4 Å². The summed E-state index contributed by atoms with van der Waals surface area (Å²) in [6, 6.07) is 7.53. The lowest BCUT2D eigenvalue weighted by Gasteiger charge is -2.39. The molecule has 0 spiro atoms. The number of dihydropyridines is 1. The lowest BCUT2D eigenvalue weighted by atomic mass is 9.68. The van der Waals surface area contributed by atoms with Gasteiger partial charge in [-0.3, -0.25) is 9.59 Å². The van der Waals surface area contributed by atoms with Gasteiger partial charge in [-0.2, -0.15) is 0 Å². The molecule has 1 aromatic heterocycles. The number of nitrogens with one attached hydrogen (secondary N) is 2. The smallest absolute Gasteiger partial charge is 0.341 e. The van der Waals surface area contributed by atoms with Crippen LogP contribution in [0.25, 0.3) is 0 Å². The number of esters is 1. The van der Waals surface area contributed by atoms with Gasteiger partial charge in [0.05, 0.1) is 25.7 Å². The summed E-state index contributed by atoms with van der Waals surface area (Å²) in [5.41, 5.74) is 4.62. The molecular weight excluding hydrogens is 500 g/mol. The highest BCUT2D eigenvalue weighted by molar-refractivity contribution is 7.17. The van der Waals surface area contributed by atoms with Crippen LogP contribution >= 0.6 is 11.3 Å². The van der Waals surface area contributed by atoms with E-state index in [2.05, 4.69) is 24.5 Å². The monoisotopic (exact) mass is 534 g/mol. The summed E-state index contributed by atoms with van der Waals surface area (Å²) in [5.74, 6) is -0.743. The molecule has 1 unspecified atom stereocenters. The zero-order chi connectivity index (χ0) is 27.2. The number of hydrogen-bond acceptors (Lipinski definition) is 7. The SMILES string of the molecule is COC(=O)c1c(NC(=O)C2=C(C)NC3=C(C(=O)CC(C)(C)C3)C2c2ccccc2OC)sc2c1CCCC2. The van der Waals surface area contributed by atoms with Crippen LogP contribution in [-0.2, 0) is 27.2 Å². The third-order valence-corrected chi connectivity index (χ3v) is 8.93. The highest BCUT2D eigenvalue weighted by Crippen LogP contribution is 2.49. The van der Waals surface area contributed by atoms with Crippen molar-refractivity contribution >= 4 is 34.0 Å². The molecule has 5 rings (SSSR count). The number of Topliss-reactive ketones (excluding diaryl/α,β-unsaturated/α-hetero) is 1. The largest absolute Gasteiger partial charge is 0.496 e. The minimum Gasteiger partial charge on any atom is -0.496 e. The van der Waals surface area contributed by atoms with Crippen molar-refractivity contribution in [1.29, 1.82) is 0 Å². The maximum atomic E-state index is 14.1. The van der Waals surface area contributed by atoms with Gasteiger partial charge in [-0.1, -0.05) is 32.0 Å². The number of carbonyl (C=O) groups is 3. The number of amides is 1. The van der Waals surface area contributed by atoms with E-state index in [-0.39, 0.29) is 17.1 Å². The summed E-state index contributed by atoms with van der Waals surface area (Å²) < 4.78 is 10.8. The number of aryl methyl sites for hydroxylation is 1. The number of benzene rings is 1. The first-order valence-corrected chi connectivity index (χ1v) is 13.9. The quantitative estimate of drug-likeness (QED) is 0.481. The Balaban J connectivity index is 1.61. The summed E-state index contributed by atoms with van der Waals surface area (Å²) in [6.45, 7) is 6.04. The van der Waals surface area contributed by atoms with Crippen molar-refractivity contribution in [3.8, 4) is 5.75 Å². The third kappa shape index (κ3) is 4.55. The number of fused-ring (bicyclic) bond motifs is 1. The Labute approximate surface area is 227 Å². The van der Waals surface area contributed by atoms with Crippen molar-refractivity contribution in [3.05, 3.63) is 68.4 Å². The van der Waals surface area contributed by atoms with E-state index >= 15 is 0 Å². The van der Waals surface area contributed by atoms with Crippen LogP contribution in [-0.4, -0.2) is 31.9 Å². The highest BCUT2D eigenvalue weighted by atomic mass is 32.1. The number of hydrogen-bond donors (Lipinski definition) is 2. The van der Waals surface area contributed by atoms with E-state index in [1.54, 1.807) is 7.11 Å². The lowest BCUT2D eigenvalue weighted by Crippen LogP contribution is -2.39. The molecule has 0 saturated heterocycles. The van der Waals surface area contributed by atoms with E-state index in [1.807, 2.05) is 31.2 Å². The second kappa shape index (κ2) is 10.1. The van der Waals surface area contributed by atoms with Crippen LogP contribution in [0.15, 0.2) is 46.8 Å². The molecule has 0 bridgehead atoms. The molecule has 2 N–H and O–H groups in total. The summed E-state index contributed by atoms with van der Waals surface area (Å²) in [4.78, 5) is 41.7. The number of ether oxygens (including phenoxy) is 2. The van der Waals surface area contributed by atoms with Gasteiger partial charge in [-0.25, -0.2) is 4.79 Å². The van der Waals surface area contributed by atoms with Crippen LogP contribution < -0.4 is 15.4 Å². The Morgan fingerprint density at radius 2 is 1.84 bits per heavy atom. The average molecular weight is 535 g/mol. The molecule has 7 nitrogen and oxygen atoms in total. The van der Waals surface area contributed by atoms with E-state index in [9.17, 15) is 14.4 Å². The standard InChI is InChI=1S/C30H34N2O5S/c1-16-23(27(34)32-28-25(29(35)37-5)18-11-7-9-13-22(18)38-28)24(17-10-6-8-12-21(17)36-4)26-19(31-16)14-30(2,3)15-20(26)33/h6,8,10,12,24,31H,7,9,11,13-15H2,1-5H3,(H,32,34). The first-order valence-electron chi connectivity index (χ1n) is 13.1. The summed E-state index contributed by atoms with van der Waals surface area (Å²) in [6.07, 6.45) is 4.84. The van der Waals surface area contributed by atoms with Crippen molar-refractivity contribution in [2.24, 2.45) is 5.41 Å². The molecule has 1 aliphatic heterocycles. The Bertz CT molecular complexity index is 1400. The predicted octanol–water partition coefficient (Wildman–Crippen LogP) is 5.66. The second-order valence-corrected chi connectivity index (χ2v) is 12.1. The van der Waals surface area contributed by atoms with Crippen LogP contribution in [0.2, 0.25) is 0 Å². The van der Waals surface area contributed by atoms with E-state index in [0.29, 0.717) is 46.0 Å². The minimum atomic E-state index is -0.595. The van der Waals surface area contributed by atoms with Crippen molar-refractivity contribution in [2.45, 2.75) is 65.2 Å². The Kier molecular flexibility index (Phi) is 6.94. The number of allylic oxidation sites excluding steroid dienone is 3. The van der Waals surface area contributed by atoms with Gasteiger partial charge < -0.3 is 20.1 Å². The van der Waals surface area contributed by atoms with Gasteiger partial charge in [0.2, 0.25) is 0 Å². The summed E-state index contributed by atoms with van der Waals surface area (Å²) in [5, 5.41) is 6.96. The van der Waals surface area contributed by atoms with Gasteiger partial charge in [0.25, 0.3) is 5.91 Å². The molecular formula is C30H34N2O5S. The van der Waals surface area contributed by atoms with Gasteiger partial charge >= 0.3 is 5.97 Å². The normalized spacial score (nSPS) is 20.3. The molecule has 8 heteroatoms. The lowest BCUT2D eigenvalue weighted by molar-refractivity contribution is -0.118. The Hall–Kier alpha value is -3.39. The van der Waals surface area contributed by atoms with Crippen LogP contribution in [0, 0.1) is 5.41 Å². The first-order chi connectivity index (χ1) is 18.1. The topological polar surface area (TPSA) is 93.7 Å². The first kappa shape index (κ1) is 26.2. The fraction of sp³-hybridized carbons (Fsp3) is 0.433. The van der Waals surface area contributed by atoms with Crippen LogP contribution in [0.1, 0.15) is 78.7 Å². The zero-order valence-corrected chi connectivity index (χ0v) is 23.4. The van der Waals surface area contributed by atoms with Crippen molar-refractivity contribution in [1.82, 2.24) is 5.32 Å². The number of carbonyl (C=O) groups excluding carboxylic acids is 3. The predicted molar refractivity (Wildman–Crippen MR) is 148 cm³/mol. The third-order valence-electron chi connectivity index (χ3n) is 7.72. The van der Waals surface area contributed by atoms with Crippen molar-refractivity contribution in [3.63, 3.8) is 0 Å². The molecule has 1 aromatic carbocycles. The molecule has 0 fully saturated rings. The number of para-hydroxylation sites is 1. The molecule has 2 aliphatic carbocycles. The molecule has 1 atom stereocenters. The number of ketones is 1. The van der Waals surface area contributed by atoms with Gasteiger partial charge in [0.15, 0.2) is 5.78 Å². The van der Waals surface area contributed by atoms with Gasteiger partial charge in [-0.15, -0.1) is 11.3 Å². The fourth-order valence-corrected chi connectivity index (χ4v) is 7.37. The Morgan fingerprint density at radius 3 is 2.58 bits per heavy atom. The maximum Gasteiger partial charge on any atom is 0.341 e. The fourth-order valence-electron chi connectivity index (χ4n) is 6.10. The van der Waals surface area contributed by atoms with Gasteiger partial charge in [0, 0.05) is 39.4 Å². The van der Waals surface area contributed by atoms with Crippen LogP contribution in [0.4, 0.5) is 5.00 Å². The molecule has 0 radical (unpaired) electrons. The number of thiophene rings is 1. The molecule has 38 heavy (non-hydrogen) atoms. The molecule has 200 valence electrons. The number of anilines is 1. The highest BCUT2D eigenvalue weighted by Gasteiger charge is 2.44. The number of methoxy groups -OCH3 is 2. The summed E-state index contributed by atoms with van der Waals surface area (Å²) in [7, 11) is 2.95. The van der Waals surface area contributed by atoms with Crippen LogP contribution in [0.3, 0.4) is 0 Å². The van der Waals surface area contributed by atoms with E-state index < -0.39 is 11.9 Å². The zero-order valence-electron chi connectivity index (χ0n) is 22.6. The second-order valence-electron chi connectivity index (χ2n) is 11.0. The van der Waals surface area contributed by atoms with E-state index in [4.69, 9.17) is 9.47 Å². The Morgan fingerprint density at radius 1 is 1.11 bits per heavy atom. The van der Waals surface area contributed by atoms with E-state index in [1.165, 1.54) is 18.4 Å². The molecule has 2 heterocycles. The molecule has 1 amide bonds. The molecule has 3 aliphatic rings. The summed E-state index contributed by atoms with van der Waals surface area (Å²) >= 11 is 1.45. The van der Waals surface area contributed by atoms with Crippen LogP contribution in [0.5, 0.6) is 5.75 Å². The maximum absolute atomic E-state index is 14.1. The average Bonchev–Trinajstić information content (AvgIpc) is 3.24. The number of rotatable bonds is 5. The van der Waals surface area contributed by atoms with Gasteiger partial charge in [-0.05, 0) is 56.1 Å². The minimum absolute atomic E-state index is 0.0271. The molecule has 2 aromatic rings.